The van der Waals surface area contributed by atoms with E-state index in [1.165, 1.54) is 13.2 Å². The molecular formula is C15H17N5O4. The lowest BCUT2D eigenvalue weighted by atomic mass is 10.3. The number of pyridine rings is 1. The lowest BCUT2D eigenvalue weighted by Crippen LogP contribution is -2.17. The minimum absolute atomic E-state index is 0.000303. The van der Waals surface area contributed by atoms with Crippen LogP contribution in [-0.2, 0) is 9.47 Å². The van der Waals surface area contributed by atoms with Crippen LogP contribution < -0.4 is 11.1 Å². The summed E-state index contributed by atoms with van der Waals surface area (Å²) in [6.45, 7) is 0.329. The smallest absolute Gasteiger partial charge is 0.412 e. The van der Waals surface area contributed by atoms with E-state index in [9.17, 15) is 9.90 Å². The van der Waals surface area contributed by atoms with Crippen LogP contribution >= 0.6 is 0 Å². The maximum Gasteiger partial charge on any atom is 0.412 e. The van der Waals surface area contributed by atoms with Crippen molar-refractivity contribution in [2.45, 2.75) is 0 Å². The molecule has 0 aliphatic heterocycles. The Morgan fingerprint density at radius 2 is 2.04 bits per heavy atom. The fourth-order valence-electron chi connectivity index (χ4n) is 1.64. The number of amides is 1. The van der Waals surface area contributed by atoms with Gasteiger partial charge in [-0.05, 0) is 12.1 Å². The largest absolute Gasteiger partial charge is 0.504 e. The Balaban J connectivity index is 2.08. The third-order valence-electron chi connectivity index (χ3n) is 2.78. The summed E-state index contributed by atoms with van der Waals surface area (Å²) < 4.78 is 9.56. The van der Waals surface area contributed by atoms with Crippen LogP contribution in [0.2, 0.25) is 0 Å². The number of carbonyl (C=O) groups is 1. The van der Waals surface area contributed by atoms with E-state index in [0.717, 1.165) is 0 Å². The molecule has 1 heterocycles. The number of rotatable bonds is 6. The van der Waals surface area contributed by atoms with Gasteiger partial charge >= 0.3 is 6.09 Å². The molecule has 126 valence electrons. The number of methoxy groups -OCH3 is 1. The van der Waals surface area contributed by atoms with E-state index in [2.05, 4.69) is 20.5 Å². The third-order valence-corrected chi connectivity index (χ3v) is 2.78. The van der Waals surface area contributed by atoms with Gasteiger partial charge in [0.05, 0.1) is 12.3 Å². The molecule has 0 saturated heterocycles. The van der Waals surface area contributed by atoms with Gasteiger partial charge in [-0.25, -0.2) is 9.78 Å². The van der Waals surface area contributed by atoms with E-state index in [4.69, 9.17) is 15.2 Å². The lowest BCUT2D eigenvalue weighted by Gasteiger charge is -2.09. The van der Waals surface area contributed by atoms with Gasteiger partial charge in [-0.15, -0.1) is 5.11 Å². The second kappa shape index (κ2) is 8.44. The zero-order valence-electron chi connectivity index (χ0n) is 13.0. The predicted octanol–water partition coefficient (Wildman–Crippen LogP) is 2.98. The van der Waals surface area contributed by atoms with E-state index in [1.807, 2.05) is 18.2 Å². The number of ether oxygens (including phenoxy) is 2. The number of aromatic hydroxyl groups is 1. The highest BCUT2D eigenvalue weighted by Gasteiger charge is 2.12. The predicted molar refractivity (Wildman–Crippen MR) is 87.8 cm³/mol. The fourth-order valence-corrected chi connectivity index (χ4v) is 1.64. The molecule has 0 atom stereocenters. The van der Waals surface area contributed by atoms with Crippen LogP contribution in [0.1, 0.15) is 0 Å². The van der Waals surface area contributed by atoms with E-state index in [-0.39, 0.29) is 36.3 Å². The number of hydrogen-bond acceptors (Lipinski definition) is 8. The van der Waals surface area contributed by atoms with Gasteiger partial charge < -0.3 is 20.3 Å². The molecule has 0 saturated carbocycles. The first-order valence-electron chi connectivity index (χ1n) is 6.99. The molecule has 0 aliphatic carbocycles. The Morgan fingerprint density at radius 1 is 1.29 bits per heavy atom. The van der Waals surface area contributed by atoms with E-state index in [0.29, 0.717) is 5.69 Å². The van der Waals surface area contributed by atoms with Gasteiger partial charge in [0.15, 0.2) is 17.4 Å². The maximum atomic E-state index is 11.5. The van der Waals surface area contributed by atoms with Crippen molar-refractivity contribution in [3.63, 3.8) is 0 Å². The minimum atomic E-state index is -0.784. The standard InChI is InChI=1S/C15H17N5O4/c1-23-7-8-24-15(22)18-14-12(21)9-11(13(16)17-14)20-19-10-5-3-2-4-6-10/h2-6,9,21H,7-8H2,1H3,(H3,16,17,18,22)/b20-19+. The van der Waals surface area contributed by atoms with Crippen LogP contribution in [0, 0.1) is 0 Å². The van der Waals surface area contributed by atoms with Crippen LogP contribution in [0.4, 0.5) is 27.8 Å². The molecule has 9 heteroatoms. The van der Waals surface area contributed by atoms with E-state index < -0.39 is 6.09 Å². The van der Waals surface area contributed by atoms with E-state index in [1.54, 1.807) is 12.1 Å². The van der Waals surface area contributed by atoms with Gasteiger partial charge in [0.25, 0.3) is 0 Å². The Morgan fingerprint density at radius 3 is 2.75 bits per heavy atom. The van der Waals surface area contributed by atoms with Crippen molar-refractivity contribution < 1.29 is 19.4 Å². The second-order valence-corrected chi connectivity index (χ2v) is 4.55. The quantitative estimate of drug-likeness (QED) is 0.551. The molecule has 0 unspecified atom stereocenters. The Kier molecular flexibility index (Phi) is 6.03. The van der Waals surface area contributed by atoms with Gasteiger partial charge in [0.1, 0.15) is 12.3 Å². The third kappa shape index (κ3) is 4.92. The van der Waals surface area contributed by atoms with Gasteiger partial charge in [-0.3, -0.25) is 5.32 Å². The van der Waals surface area contributed by atoms with Gasteiger partial charge in [-0.1, -0.05) is 18.2 Å². The monoisotopic (exact) mass is 331 g/mol. The minimum Gasteiger partial charge on any atom is -0.504 e. The summed E-state index contributed by atoms with van der Waals surface area (Å²) in [5.41, 5.74) is 6.56. The molecule has 1 amide bonds. The van der Waals surface area contributed by atoms with Crippen LogP contribution in [-0.4, -0.2) is 36.5 Å². The summed E-state index contributed by atoms with van der Waals surface area (Å²) >= 11 is 0. The van der Waals surface area contributed by atoms with Gasteiger partial charge in [0, 0.05) is 13.2 Å². The fraction of sp³-hybridized carbons (Fsp3) is 0.200. The highest BCUT2D eigenvalue weighted by molar-refractivity contribution is 5.86. The highest BCUT2D eigenvalue weighted by Crippen LogP contribution is 2.32. The van der Waals surface area contributed by atoms with Crippen molar-refractivity contribution in [2.24, 2.45) is 10.2 Å². The molecule has 2 aromatic rings. The first-order valence-corrected chi connectivity index (χ1v) is 6.99. The molecular weight excluding hydrogens is 314 g/mol. The van der Waals surface area contributed by atoms with Crippen LogP contribution in [0.3, 0.4) is 0 Å². The van der Waals surface area contributed by atoms with Gasteiger partial charge in [-0.2, -0.15) is 5.11 Å². The van der Waals surface area contributed by atoms with Crippen molar-refractivity contribution in [3.8, 4) is 5.75 Å². The topological polar surface area (TPSA) is 131 Å². The number of nitrogen functional groups attached to an aromatic ring is 1. The summed E-state index contributed by atoms with van der Waals surface area (Å²) in [6.07, 6.45) is -0.784. The summed E-state index contributed by atoms with van der Waals surface area (Å²) in [7, 11) is 1.48. The average molecular weight is 331 g/mol. The average Bonchev–Trinajstić information content (AvgIpc) is 2.58. The molecule has 0 fully saturated rings. The zero-order chi connectivity index (χ0) is 17.4. The van der Waals surface area contributed by atoms with Crippen LogP contribution in [0.5, 0.6) is 5.75 Å². The molecule has 4 N–H and O–H groups in total. The SMILES string of the molecule is COCCOC(=O)Nc1nc(N)c(/N=N/c2ccccc2)cc1O. The number of nitrogens with one attached hydrogen (secondary N) is 1. The van der Waals surface area contributed by atoms with Crippen molar-refractivity contribution in [2.75, 3.05) is 31.4 Å². The number of nitrogens with zero attached hydrogens (tertiary/aromatic N) is 3. The molecule has 0 radical (unpaired) electrons. The van der Waals surface area contributed by atoms with Crippen molar-refractivity contribution in [1.82, 2.24) is 4.98 Å². The van der Waals surface area contributed by atoms with Crippen LogP contribution in [0.25, 0.3) is 0 Å². The lowest BCUT2D eigenvalue weighted by molar-refractivity contribution is 0.107. The number of hydrogen-bond donors (Lipinski definition) is 3. The number of anilines is 2. The first-order chi connectivity index (χ1) is 11.6. The second-order valence-electron chi connectivity index (χ2n) is 4.55. The molecule has 9 nitrogen and oxygen atoms in total. The van der Waals surface area contributed by atoms with Gasteiger partial charge in [0.2, 0.25) is 0 Å². The maximum absolute atomic E-state index is 11.5. The van der Waals surface area contributed by atoms with Crippen molar-refractivity contribution in [1.29, 1.82) is 0 Å². The summed E-state index contributed by atoms with van der Waals surface area (Å²) in [6, 6.07) is 10.3. The molecule has 24 heavy (non-hydrogen) atoms. The molecule has 0 aliphatic rings. The highest BCUT2D eigenvalue weighted by atomic mass is 16.6. The summed E-state index contributed by atoms with van der Waals surface area (Å²) in [4.78, 5) is 15.4. The number of carbonyl (C=O) groups excluding carboxylic acids is 1. The number of nitrogens with two attached hydrogens (primary N) is 1. The number of azo groups is 1. The Labute approximate surface area is 138 Å². The molecule has 2 rings (SSSR count). The van der Waals surface area contributed by atoms with E-state index >= 15 is 0 Å². The Hall–Kier alpha value is -3.20. The number of benzene rings is 1. The number of aromatic nitrogens is 1. The molecule has 1 aromatic carbocycles. The van der Waals surface area contributed by atoms with Crippen molar-refractivity contribution in [3.05, 3.63) is 36.4 Å². The molecule has 0 spiro atoms. The Bertz CT molecular complexity index is 721. The summed E-state index contributed by atoms with van der Waals surface area (Å²) in [5.74, 6) is -0.442. The first kappa shape index (κ1) is 17.2. The molecule has 1 aromatic heterocycles. The zero-order valence-corrected chi connectivity index (χ0v) is 13.0. The van der Waals surface area contributed by atoms with Crippen molar-refractivity contribution >= 4 is 29.1 Å². The van der Waals surface area contributed by atoms with Crippen LogP contribution in [0.15, 0.2) is 46.6 Å². The summed E-state index contributed by atoms with van der Waals surface area (Å²) in [5, 5.41) is 20.1. The normalized spacial score (nSPS) is 10.7. The molecule has 0 bridgehead atoms.